The Morgan fingerprint density at radius 1 is 0.889 bits per heavy atom. The average molecular weight is 385 g/mol. The van der Waals surface area contributed by atoms with E-state index in [1.807, 2.05) is 0 Å². The molecule has 27 heavy (non-hydrogen) atoms. The Hall–Kier alpha value is -1.95. The molecule has 144 valence electrons. The highest BCUT2D eigenvalue weighted by Crippen LogP contribution is 2.27. The number of ether oxygens (including phenoxy) is 1. The highest BCUT2D eigenvalue weighted by molar-refractivity contribution is 7.80. The van der Waals surface area contributed by atoms with E-state index < -0.39 is 0 Å². The van der Waals surface area contributed by atoms with Crippen LogP contribution >= 0.6 is 12.2 Å². The summed E-state index contributed by atoms with van der Waals surface area (Å²) in [4.78, 5) is 1.59. The molecule has 2 aromatic carbocycles. The van der Waals surface area contributed by atoms with E-state index in [4.69, 9.17) is 17.0 Å². The second-order valence-corrected chi connectivity index (χ2v) is 7.37. The molecule has 3 rings (SSSR count). The molecular weight excluding hydrogens is 354 g/mol. The quantitative estimate of drug-likeness (QED) is 0.605. The maximum absolute atomic E-state index is 5.45. The van der Waals surface area contributed by atoms with Crippen molar-refractivity contribution in [3.8, 4) is 0 Å². The number of rotatable bonds is 8. The summed E-state index contributed by atoms with van der Waals surface area (Å²) in [5, 5.41) is 7.47. The normalized spacial score (nSPS) is 14.9. The Bertz CT molecular complexity index is 635. The van der Waals surface area contributed by atoms with Crippen molar-refractivity contribution in [1.82, 2.24) is 10.6 Å². The first-order valence-electron chi connectivity index (χ1n) is 9.86. The van der Waals surface area contributed by atoms with Crippen LogP contribution in [0.5, 0.6) is 0 Å². The van der Waals surface area contributed by atoms with Crippen molar-refractivity contribution in [1.29, 1.82) is 0 Å². The SMILES string of the molecule is S=C(NCCC(c1ccccc1)c1ccccc1)NCC[NH+]1CCOCC1. The molecule has 1 fully saturated rings. The van der Waals surface area contributed by atoms with Crippen molar-refractivity contribution < 1.29 is 9.64 Å². The minimum Gasteiger partial charge on any atom is -0.370 e. The lowest BCUT2D eigenvalue weighted by Crippen LogP contribution is -3.14. The molecule has 0 unspecified atom stereocenters. The van der Waals surface area contributed by atoms with E-state index in [2.05, 4.69) is 71.3 Å². The molecular formula is C22H30N3OS+. The Balaban J connectivity index is 1.44. The number of hydrogen-bond acceptors (Lipinski definition) is 2. The van der Waals surface area contributed by atoms with E-state index >= 15 is 0 Å². The van der Waals surface area contributed by atoms with Gasteiger partial charge in [0.15, 0.2) is 5.11 Å². The van der Waals surface area contributed by atoms with Crippen molar-refractivity contribution in [2.45, 2.75) is 12.3 Å². The van der Waals surface area contributed by atoms with Crippen LogP contribution in [-0.4, -0.2) is 51.0 Å². The zero-order chi connectivity index (χ0) is 18.7. The average Bonchev–Trinajstić information content (AvgIpc) is 2.73. The minimum absolute atomic E-state index is 0.375. The lowest BCUT2D eigenvalue weighted by atomic mass is 9.88. The van der Waals surface area contributed by atoms with Crippen molar-refractivity contribution in [3.63, 3.8) is 0 Å². The lowest BCUT2D eigenvalue weighted by Gasteiger charge is -2.24. The maximum atomic E-state index is 5.45. The first kappa shape index (κ1) is 19.8. The first-order chi connectivity index (χ1) is 13.3. The standard InChI is InChI=1S/C22H29N3OS/c27-22(24-13-14-25-15-17-26-18-16-25)23-12-11-21(19-7-3-1-4-8-19)20-9-5-2-6-10-20/h1-10,21H,11-18H2,(H2,23,24,27)/p+1. The number of hydrogen-bond donors (Lipinski definition) is 3. The van der Waals surface area contributed by atoms with Crippen molar-refractivity contribution in [3.05, 3.63) is 71.8 Å². The molecule has 1 aliphatic heterocycles. The Morgan fingerprint density at radius 3 is 2.04 bits per heavy atom. The topological polar surface area (TPSA) is 37.7 Å². The summed E-state index contributed by atoms with van der Waals surface area (Å²) >= 11 is 5.45. The van der Waals surface area contributed by atoms with Crippen LogP contribution in [0.25, 0.3) is 0 Å². The molecule has 1 heterocycles. The number of nitrogens with one attached hydrogen (secondary N) is 3. The third-order valence-corrected chi connectivity index (χ3v) is 5.38. The van der Waals surface area contributed by atoms with Gasteiger partial charge in [0.2, 0.25) is 0 Å². The fourth-order valence-corrected chi connectivity index (χ4v) is 3.76. The summed E-state index contributed by atoms with van der Waals surface area (Å²) in [5.41, 5.74) is 2.69. The summed E-state index contributed by atoms with van der Waals surface area (Å²) < 4.78 is 5.40. The van der Waals surface area contributed by atoms with Crippen LogP contribution in [0.1, 0.15) is 23.5 Å². The molecule has 1 saturated heterocycles. The molecule has 2 aromatic rings. The van der Waals surface area contributed by atoms with Gasteiger partial charge in [-0.05, 0) is 29.8 Å². The van der Waals surface area contributed by atoms with Gasteiger partial charge in [0.05, 0.1) is 26.3 Å². The largest absolute Gasteiger partial charge is 0.370 e. The van der Waals surface area contributed by atoms with Crippen LogP contribution in [0.15, 0.2) is 60.7 Å². The molecule has 0 atom stereocenters. The van der Waals surface area contributed by atoms with Gasteiger partial charge in [0.25, 0.3) is 0 Å². The predicted molar refractivity (Wildman–Crippen MR) is 114 cm³/mol. The summed E-state index contributed by atoms with van der Waals surface area (Å²) in [6, 6.07) is 21.4. The third kappa shape index (κ3) is 6.61. The second-order valence-electron chi connectivity index (χ2n) is 6.96. The third-order valence-electron chi connectivity index (χ3n) is 5.09. The van der Waals surface area contributed by atoms with E-state index in [1.165, 1.54) is 11.1 Å². The van der Waals surface area contributed by atoms with Crippen LogP contribution in [-0.2, 0) is 4.74 Å². The van der Waals surface area contributed by atoms with Gasteiger partial charge in [-0.15, -0.1) is 0 Å². The number of thiocarbonyl (C=S) groups is 1. The monoisotopic (exact) mass is 384 g/mol. The number of morpholine rings is 1. The highest BCUT2D eigenvalue weighted by atomic mass is 32.1. The van der Waals surface area contributed by atoms with Crippen molar-refractivity contribution in [2.24, 2.45) is 0 Å². The zero-order valence-corrected chi connectivity index (χ0v) is 16.6. The molecule has 0 aromatic heterocycles. The smallest absolute Gasteiger partial charge is 0.166 e. The number of benzene rings is 2. The minimum atomic E-state index is 0.375. The Kier molecular flexibility index (Phi) is 8.08. The van der Waals surface area contributed by atoms with Gasteiger partial charge in [0.1, 0.15) is 13.1 Å². The van der Waals surface area contributed by atoms with Crippen molar-refractivity contribution >= 4 is 17.3 Å². The Morgan fingerprint density at radius 2 is 1.44 bits per heavy atom. The van der Waals surface area contributed by atoms with E-state index in [9.17, 15) is 0 Å². The summed E-state index contributed by atoms with van der Waals surface area (Å²) in [6.45, 7) is 6.78. The molecule has 0 saturated carbocycles. The summed E-state index contributed by atoms with van der Waals surface area (Å²) in [7, 11) is 0. The lowest BCUT2D eigenvalue weighted by molar-refractivity contribution is -0.906. The zero-order valence-electron chi connectivity index (χ0n) is 15.8. The van der Waals surface area contributed by atoms with Crippen LogP contribution in [0.2, 0.25) is 0 Å². The van der Waals surface area contributed by atoms with Crippen LogP contribution in [0, 0.1) is 0 Å². The summed E-state index contributed by atoms with van der Waals surface area (Å²) in [6.07, 6.45) is 1.00. The Labute approximate surface area is 167 Å². The molecule has 0 amide bonds. The fourth-order valence-electron chi connectivity index (χ4n) is 3.55. The van der Waals surface area contributed by atoms with Gasteiger partial charge in [-0.1, -0.05) is 60.7 Å². The first-order valence-corrected chi connectivity index (χ1v) is 10.3. The van der Waals surface area contributed by atoms with Crippen LogP contribution < -0.4 is 15.5 Å². The van der Waals surface area contributed by atoms with Crippen molar-refractivity contribution in [2.75, 3.05) is 45.9 Å². The predicted octanol–water partition coefficient (Wildman–Crippen LogP) is 1.59. The molecule has 3 N–H and O–H groups in total. The van der Waals surface area contributed by atoms with E-state index in [-0.39, 0.29) is 0 Å². The number of quaternary nitrogens is 1. The van der Waals surface area contributed by atoms with E-state index in [0.29, 0.717) is 5.92 Å². The van der Waals surface area contributed by atoms with Gasteiger partial charge in [-0.2, -0.15) is 0 Å². The molecule has 0 spiro atoms. The molecule has 1 aliphatic rings. The second kappa shape index (κ2) is 11.0. The maximum Gasteiger partial charge on any atom is 0.166 e. The molecule has 5 heteroatoms. The highest BCUT2D eigenvalue weighted by Gasteiger charge is 2.14. The van der Waals surface area contributed by atoms with Crippen LogP contribution in [0.4, 0.5) is 0 Å². The fraction of sp³-hybridized carbons (Fsp3) is 0.409. The summed E-state index contributed by atoms with van der Waals surface area (Å²) in [5.74, 6) is 0.375. The molecule has 4 nitrogen and oxygen atoms in total. The van der Waals surface area contributed by atoms with Crippen LogP contribution in [0.3, 0.4) is 0 Å². The van der Waals surface area contributed by atoms with E-state index in [1.54, 1.807) is 4.90 Å². The molecule has 0 radical (unpaired) electrons. The van der Waals surface area contributed by atoms with Gasteiger partial charge in [-0.3, -0.25) is 0 Å². The van der Waals surface area contributed by atoms with Gasteiger partial charge in [-0.25, -0.2) is 0 Å². The van der Waals surface area contributed by atoms with E-state index in [0.717, 1.165) is 57.5 Å². The molecule has 0 aliphatic carbocycles. The van der Waals surface area contributed by atoms with Gasteiger partial charge < -0.3 is 20.3 Å². The van der Waals surface area contributed by atoms with Gasteiger partial charge in [0, 0.05) is 12.5 Å². The van der Waals surface area contributed by atoms with Gasteiger partial charge >= 0.3 is 0 Å². The molecule has 0 bridgehead atoms.